The summed E-state index contributed by atoms with van der Waals surface area (Å²) in [5, 5.41) is 11.5. The highest BCUT2D eigenvalue weighted by Gasteiger charge is 2.43. The second-order valence-electron chi connectivity index (χ2n) is 7.84. The largest absolute Gasteiger partial charge is 0.490 e. The van der Waals surface area contributed by atoms with Crippen molar-refractivity contribution in [2.75, 3.05) is 32.5 Å². The minimum Gasteiger partial charge on any atom is -0.475 e. The number of nitrogens with zero attached hydrogens (tertiary/aromatic N) is 3. The maximum absolute atomic E-state index is 11.3. The predicted octanol–water partition coefficient (Wildman–Crippen LogP) is 1.09. The van der Waals surface area contributed by atoms with Crippen LogP contribution in [0.2, 0.25) is 0 Å². The van der Waals surface area contributed by atoms with Crippen molar-refractivity contribution >= 4 is 16.0 Å². The van der Waals surface area contributed by atoms with Crippen LogP contribution in [0.4, 0.5) is 13.2 Å². The molecule has 30 heavy (non-hydrogen) atoms. The summed E-state index contributed by atoms with van der Waals surface area (Å²) in [6.07, 6.45) is 0.370. The van der Waals surface area contributed by atoms with E-state index in [1.807, 2.05) is 10.9 Å². The molecule has 2 N–H and O–H groups in total. The van der Waals surface area contributed by atoms with E-state index in [1.165, 1.54) is 11.8 Å². The Hall–Kier alpha value is -1.70. The van der Waals surface area contributed by atoms with Gasteiger partial charge in [-0.2, -0.15) is 18.3 Å². The molecule has 2 aliphatic rings. The van der Waals surface area contributed by atoms with Gasteiger partial charge in [-0.3, -0.25) is 9.58 Å². The number of halogens is 3. The lowest BCUT2D eigenvalue weighted by Gasteiger charge is -2.19. The van der Waals surface area contributed by atoms with Crippen LogP contribution >= 0.6 is 0 Å². The smallest absolute Gasteiger partial charge is 0.475 e. The Morgan fingerprint density at radius 3 is 2.53 bits per heavy atom. The molecule has 1 aromatic heterocycles. The van der Waals surface area contributed by atoms with Crippen LogP contribution in [-0.2, 0) is 26.1 Å². The van der Waals surface area contributed by atoms with Crippen LogP contribution in [-0.4, -0.2) is 79.0 Å². The number of alkyl halides is 3. The number of aliphatic carboxylic acids is 1. The number of nitrogens with one attached hydrogen (secondary N) is 1. The summed E-state index contributed by atoms with van der Waals surface area (Å²) in [4.78, 5) is 11.3. The molecule has 0 bridgehead atoms. The maximum atomic E-state index is 11.3. The summed E-state index contributed by atoms with van der Waals surface area (Å²) < 4.78 is 64.7. The SMILES string of the molecule is CC(C)n1cc(CN2C[C@@H]3[C@@H](CNS(C)(=O)=O)CO[C@@H]3C2)cn1.O=C(O)C(F)(F)F. The number of hydrogen-bond donors (Lipinski definition) is 2. The summed E-state index contributed by atoms with van der Waals surface area (Å²) in [7, 11) is -3.14. The number of rotatable bonds is 6. The summed E-state index contributed by atoms with van der Waals surface area (Å²) >= 11 is 0. The van der Waals surface area contributed by atoms with E-state index in [1.54, 1.807) is 0 Å². The van der Waals surface area contributed by atoms with Crippen molar-refractivity contribution in [1.29, 1.82) is 0 Å². The zero-order valence-electron chi connectivity index (χ0n) is 17.0. The highest BCUT2D eigenvalue weighted by molar-refractivity contribution is 7.88. The van der Waals surface area contributed by atoms with Gasteiger partial charge in [0.15, 0.2) is 0 Å². The van der Waals surface area contributed by atoms with E-state index in [9.17, 15) is 21.6 Å². The van der Waals surface area contributed by atoms with Gasteiger partial charge in [-0.1, -0.05) is 0 Å². The van der Waals surface area contributed by atoms with Crippen LogP contribution in [0, 0.1) is 11.8 Å². The molecule has 3 rings (SSSR count). The molecule has 3 heterocycles. The number of sulfonamides is 1. The molecule has 9 nitrogen and oxygen atoms in total. The van der Waals surface area contributed by atoms with Crippen LogP contribution in [0.3, 0.4) is 0 Å². The van der Waals surface area contributed by atoms with Gasteiger partial charge in [0, 0.05) is 55.8 Å². The summed E-state index contributed by atoms with van der Waals surface area (Å²) in [6.45, 7) is 8.08. The van der Waals surface area contributed by atoms with E-state index in [0.29, 0.717) is 25.1 Å². The number of likely N-dealkylation sites (tertiary alicyclic amines) is 1. The third-order valence-electron chi connectivity index (χ3n) is 4.96. The van der Waals surface area contributed by atoms with Gasteiger partial charge in [-0.25, -0.2) is 17.9 Å². The molecule has 2 aliphatic heterocycles. The highest BCUT2D eigenvalue weighted by atomic mass is 32.2. The fourth-order valence-corrected chi connectivity index (χ4v) is 3.99. The Morgan fingerprint density at radius 2 is 2.03 bits per heavy atom. The van der Waals surface area contributed by atoms with Crippen molar-refractivity contribution in [3.05, 3.63) is 18.0 Å². The van der Waals surface area contributed by atoms with Crippen LogP contribution in [0.25, 0.3) is 0 Å². The van der Waals surface area contributed by atoms with E-state index in [-0.39, 0.29) is 12.0 Å². The van der Waals surface area contributed by atoms with Crippen molar-refractivity contribution in [2.45, 2.75) is 38.7 Å². The van der Waals surface area contributed by atoms with Gasteiger partial charge in [0.1, 0.15) is 0 Å². The molecule has 0 saturated carbocycles. The monoisotopic (exact) mass is 456 g/mol. The quantitative estimate of drug-likeness (QED) is 0.659. The number of aromatic nitrogens is 2. The minimum atomic E-state index is -5.08. The molecule has 0 aromatic carbocycles. The zero-order valence-corrected chi connectivity index (χ0v) is 17.8. The summed E-state index contributed by atoms with van der Waals surface area (Å²) in [6, 6.07) is 0.372. The van der Waals surface area contributed by atoms with Gasteiger partial charge in [0.2, 0.25) is 10.0 Å². The Labute approximate surface area is 173 Å². The third kappa shape index (κ3) is 7.22. The molecule has 2 fully saturated rings. The van der Waals surface area contributed by atoms with Gasteiger partial charge in [0.05, 0.1) is 25.2 Å². The van der Waals surface area contributed by atoms with Crippen LogP contribution < -0.4 is 4.72 Å². The normalized spacial score (nSPS) is 24.6. The van der Waals surface area contributed by atoms with Crippen LogP contribution in [0.15, 0.2) is 12.4 Å². The average molecular weight is 456 g/mol. The zero-order chi connectivity index (χ0) is 22.7. The Bertz CT molecular complexity index is 828. The van der Waals surface area contributed by atoms with Crippen molar-refractivity contribution in [3.63, 3.8) is 0 Å². The van der Waals surface area contributed by atoms with Crippen molar-refractivity contribution in [3.8, 4) is 0 Å². The fraction of sp³-hybridized carbons (Fsp3) is 0.765. The lowest BCUT2D eigenvalue weighted by atomic mass is 9.93. The van der Waals surface area contributed by atoms with Gasteiger partial charge in [0.25, 0.3) is 0 Å². The first-order valence-corrected chi connectivity index (χ1v) is 11.3. The van der Waals surface area contributed by atoms with Crippen LogP contribution in [0.1, 0.15) is 25.5 Å². The molecule has 0 spiro atoms. The first-order chi connectivity index (χ1) is 13.8. The number of ether oxygens (including phenoxy) is 1. The van der Waals surface area contributed by atoms with E-state index < -0.39 is 22.2 Å². The molecule has 3 atom stereocenters. The number of hydrogen-bond acceptors (Lipinski definition) is 6. The first kappa shape index (κ1) is 24.6. The third-order valence-corrected chi connectivity index (χ3v) is 5.65. The predicted molar refractivity (Wildman–Crippen MR) is 101 cm³/mol. The molecular weight excluding hydrogens is 429 g/mol. The first-order valence-electron chi connectivity index (χ1n) is 9.38. The molecule has 0 amide bonds. The highest BCUT2D eigenvalue weighted by Crippen LogP contribution is 2.34. The summed E-state index contributed by atoms with van der Waals surface area (Å²) in [5.41, 5.74) is 1.21. The minimum absolute atomic E-state index is 0.224. The molecule has 0 unspecified atom stereocenters. The van der Waals surface area contributed by atoms with Crippen molar-refractivity contribution < 1.29 is 36.2 Å². The molecular formula is C17H27F3N4O5S. The van der Waals surface area contributed by atoms with Crippen molar-refractivity contribution in [2.24, 2.45) is 11.8 Å². The Morgan fingerprint density at radius 1 is 1.40 bits per heavy atom. The topological polar surface area (TPSA) is 114 Å². The lowest BCUT2D eigenvalue weighted by Crippen LogP contribution is -2.33. The molecule has 1 aromatic rings. The molecule has 0 aliphatic carbocycles. The van der Waals surface area contributed by atoms with Crippen molar-refractivity contribution in [1.82, 2.24) is 19.4 Å². The number of carboxylic acid groups (broad SMARTS) is 1. The maximum Gasteiger partial charge on any atom is 0.490 e. The van der Waals surface area contributed by atoms with Gasteiger partial charge >= 0.3 is 12.1 Å². The number of carboxylic acids is 1. The van der Waals surface area contributed by atoms with E-state index in [0.717, 1.165) is 19.6 Å². The standard InChI is InChI=1S/C15H26N4O3S.C2HF3O2/c1-11(2)19-7-12(4-16-19)6-18-8-14-13(5-17-23(3,20)21)10-22-15(14)9-18;3-2(4,5)1(6)7/h4,7,11,13-15,17H,5-6,8-10H2,1-3H3;(H,6,7)/t13-,14+,15+;/m0./s1. The van der Waals surface area contributed by atoms with E-state index in [2.05, 4.69) is 34.8 Å². The second kappa shape index (κ2) is 9.62. The Balaban J connectivity index is 0.000000396. The molecule has 2 saturated heterocycles. The lowest BCUT2D eigenvalue weighted by molar-refractivity contribution is -0.192. The van der Waals surface area contributed by atoms with E-state index >= 15 is 0 Å². The van der Waals surface area contributed by atoms with Crippen LogP contribution in [0.5, 0.6) is 0 Å². The molecule has 0 radical (unpaired) electrons. The van der Waals surface area contributed by atoms with Gasteiger partial charge in [-0.15, -0.1) is 0 Å². The average Bonchev–Trinajstić information content (AvgIpc) is 3.28. The Kier molecular flexibility index (Phi) is 7.88. The second-order valence-corrected chi connectivity index (χ2v) is 9.67. The molecule has 172 valence electrons. The fourth-order valence-electron chi connectivity index (χ4n) is 3.48. The summed E-state index contributed by atoms with van der Waals surface area (Å²) in [5.74, 6) is -2.09. The van der Waals surface area contributed by atoms with Gasteiger partial charge < -0.3 is 9.84 Å². The van der Waals surface area contributed by atoms with Gasteiger partial charge in [-0.05, 0) is 13.8 Å². The number of fused-ring (bicyclic) bond motifs is 1. The number of carbonyl (C=O) groups is 1. The molecule has 13 heteroatoms. The van der Waals surface area contributed by atoms with E-state index in [4.69, 9.17) is 14.6 Å².